The third-order valence-electron chi connectivity index (χ3n) is 4.88. The lowest BCUT2D eigenvalue weighted by molar-refractivity contribution is 0.472. The Morgan fingerprint density at radius 3 is 2.72 bits per heavy atom. The molecule has 4 nitrogen and oxygen atoms in total. The van der Waals surface area contributed by atoms with Crippen molar-refractivity contribution in [1.82, 2.24) is 9.97 Å². The van der Waals surface area contributed by atoms with Gasteiger partial charge >= 0.3 is 0 Å². The van der Waals surface area contributed by atoms with Crippen molar-refractivity contribution in [2.45, 2.75) is 39.2 Å². The van der Waals surface area contributed by atoms with Crippen LogP contribution >= 0.6 is 11.6 Å². The second-order valence-electron chi connectivity index (χ2n) is 7.04. The second-order valence-corrected chi connectivity index (χ2v) is 7.44. The van der Waals surface area contributed by atoms with Gasteiger partial charge in [-0.2, -0.15) is 0 Å². The summed E-state index contributed by atoms with van der Waals surface area (Å²) >= 11 is 5.83. The number of benzene rings is 2. The van der Waals surface area contributed by atoms with Crippen molar-refractivity contribution < 1.29 is 13.5 Å². The zero-order chi connectivity index (χ0) is 20.4. The summed E-state index contributed by atoms with van der Waals surface area (Å²) in [5.74, 6) is 1.44. The van der Waals surface area contributed by atoms with E-state index in [9.17, 15) is 8.78 Å². The van der Waals surface area contributed by atoms with Crippen LogP contribution in [0.25, 0.3) is 0 Å². The first-order valence-electron chi connectivity index (χ1n) is 9.51. The van der Waals surface area contributed by atoms with Crippen LogP contribution in [0.1, 0.15) is 35.5 Å². The molecule has 29 heavy (non-hydrogen) atoms. The number of ether oxygens (including phenoxy) is 1. The highest BCUT2D eigenvalue weighted by atomic mass is 35.5. The van der Waals surface area contributed by atoms with E-state index in [4.69, 9.17) is 16.3 Å². The highest BCUT2D eigenvalue weighted by Crippen LogP contribution is 2.31. The number of nitrogens with one attached hydrogen (secondary N) is 1. The summed E-state index contributed by atoms with van der Waals surface area (Å²) < 4.78 is 33.1. The molecule has 0 saturated carbocycles. The number of hydrogen-bond acceptors (Lipinski definition) is 4. The fraction of sp³-hybridized carbons (Fsp3) is 0.273. The first-order valence-corrected chi connectivity index (χ1v) is 9.89. The molecule has 2 aromatic carbocycles. The van der Waals surface area contributed by atoms with E-state index in [0.29, 0.717) is 29.4 Å². The van der Waals surface area contributed by atoms with Gasteiger partial charge in [0, 0.05) is 29.4 Å². The summed E-state index contributed by atoms with van der Waals surface area (Å²) in [5.41, 5.74) is 2.83. The van der Waals surface area contributed by atoms with Crippen LogP contribution in [0.15, 0.2) is 36.4 Å². The topological polar surface area (TPSA) is 47.0 Å². The minimum Gasteiger partial charge on any atom is -0.457 e. The van der Waals surface area contributed by atoms with Gasteiger partial charge in [0.15, 0.2) is 0 Å². The molecule has 0 spiro atoms. The standard InChI is InChI=1S/C22H20ClF2N3O/c1-13-27-20-5-3-2-4-17(20)22(28-13)26-12-14-10-15(24)6-9-21(14)29-16-7-8-19(25)18(23)11-16/h6-11H,2-5,12H2,1H3,(H,26,27,28). The normalized spacial score (nSPS) is 13.1. The van der Waals surface area contributed by atoms with Gasteiger partial charge in [-0.15, -0.1) is 0 Å². The van der Waals surface area contributed by atoms with Crippen LogP contribution in [0.4, 0.5) is 14.6 Å². The molecule has 3 aromatic rings. The number of rotatable bonds is 5. The number of anilines is 1. The van der Waals surface area contributed by atoms with Crippen molar-refractivity contribution in [3.05, 3.63) is 75.7 Å². The fourth-order valence-corrected chi connectivity index (χ4v) is 3.67. The van der Waals surface area contributed by atoms with Gasteiger partial charge in [0.25, 0.3) is 0 Å². The highest BCUT2D eigenvalue weighted by Gasteiger charge is 2.17. The van der Waals surface area contributed by atoms with Gasteiger partial charge in [-0.3, -0.25) is 0 Å². The SMILES string of the molecule is Cc1nc2c(c(NCc3cc(F)ccc3Oc3ccc(F)c(Cl)c3)n1)CCCC2. The molecule has 1 heterocycles. The largest absolute Gasteiger partial charge is 0.457 e. The van der Waals surface area contributed by atoms with E-state index in [1.165, 1.54) is 30.3 Å². The Kier molecular flexibility index (Phi) is 5.62. The predicted molar refractivity (Wildman–Crippen MR) is 109 cm³/mol. The van der Waals surface area contributed by atoms with Crippen molar-refractivity contribution in [1.29, 1.82) is 0 Å². The van der Waals surface area contributed by atoms with Crippen molar-refractivity contribution in [2.24, 2.45) is 0 Å². The summed E-state index contributed by atoms with van der Waals surface area (Å²) in [6, 6.07) is 8.38. The van der Waals surface area contributed by atoms with Gasteiger partial charge < -0.3 is 10.1 Å². The molecule has 1 aromatic heterocycles. The molecule has 0 amide bonds. The lowest BCUT2D eigenvalue weighted by Gasteiger charge is -2.20. The quantitative estimate of drug-likeness (QED) is 0.555. The van der Waals surface area contributed by atoms with E-state index in [1.54, 1.807) is 6.07 Å². The zero-order valence-corrected chi connectivity index (χ0v) is 16.7. The number of aryl methyl sites for hydroxylation is 2. The molecule has 0 unspecified atom stereocenters. The van der Waals surface area contributed by atoms with Gasteiger partial charge in [-0.1, -0.05) is 11.6 Å². The van der Waals surface area contributed by atoms with E-state index in [2.05, 4.69) is 15.3 Å². The van der Waals surface area contributed by atoms with E-state index in [1.807, 2.05) is 6.92 Å². The number of hydrogen-bond donors (Lipinski definition) is 1. The molecule has 1 aliphatic rings. The van der Waals surface area contributed by atoms with Gasteiger partial charge in [-0.05, 0) is 62.9 Å². The lowest BCUT2D eigenvalue weighted by atomic mass is 9.96. The zero-order valence-electron chi connectivity index (χ0n) is 15.9. The van der Waals surface area contributed by atoms with Gasteiger partial charge in [0.2, 0.25) is 0 Å². The summed E-state index contributed by atoms with van der Waals surface area (Å²) in [6.07, 6.45) is 4.12. The summed E-state index contributed by atoms with van der Waals surface area (Å²) in [5, 5.41) is 3.29. The Bertz CT molecular complexity index is 1060. The lowest BCUT2D eigenvalue weighted by Crippen LogP contribution is -2.14. The van der Waals surface area contributed by atoms with E-state index in [0.717, 1.165) is 42.8 Å². The van der Waals surface area contributed by atoms with E-state index in [-0.39, 0.29) is 10.8 Å². The smallest absolute Gasteiger partial charge is 0.142 e. The maximum atomic E-state index is 13.9. The first-order chi connectivity index (χ1) is 14.0. The molecule has 0 fully saturated rings. The molecule has 1 N–H and O–H groups in total. The van der Waals surface area contributed by atoms with Crippen LogP contribution in [0.5, 0.6) is 11.5 Å². The highest BCUT2D eigenvalue weighted by molar-refractivity contribution is 6.30. The molecule has 0 bridgehead atoms. The minimum atomic E-state index is -0.524. The van der Waals surface area contributed by atoms with Crippen LogP contribution < -0.4 is 10.1 Å². The average Bonchev–Trinajstić information content (AvgIpc) is 2.70. The molecular weight excluding hydrogens is 396 g/mol. The molecule has 7 heteroatoms. The van der Waals surface area contributed by atoms with Crippen molar-refractivity contribution in [3.63, 3.8) is 0 Å². The Morgan fingerprint density at radius 1 is 1.07 bits per heavy atom. The Morgan fingerprint density at radius 2 is 1.90 bits per heavy atom. The van der Waals surface area contributed by atoms with Crippen LogP contribution in [-0.2, 0) is 19.4 Å². The fourth-order valence-electron chi connectivity index (χ4n) is 3.50. The molecule has 4 rings (SSSR count). The molecule has 0 atom stereocenters. The molecule has 150 valence electrons. The van der Waals surface area contributed by atoms with Crippen LogP contribution in [0, 0.1) is 18.6 Å². The Balaban J connectivity index is 1.58. The second kappa shape index (κ2) is 8.33. The van der Waals surface area contributed by atoms with Crippen molar-refractivity contribution in [2.75, 3.05) is 5.32 Å². The van der Waals surface area contributed by atoms with E-state index < -0.39 is 5.82 Å². The third kappa shape index (κ3) is 4.48. The first kappa shape index (κ1) is 19.6. The molecule has 0 aliphatic heterocycles. The van der Waals surface area contributed by atoms with Crippen LogP contribution in [0.3, 0.4) is 0 Å². The molecule has 1 aliphatic carbocycles. The number of aromatic nitrogens is 2. The van der Waals surface area contributed by atoms with Crippen molar-refractivity contribution in [3.8, 4) is 11.5 Å². The van der Waals surface area contributed by atoms with Crippen LogP contribution in [-0.4, -0.2) is 9.97 Å². The van der Waals surface area contributed by atoms with E-state index >= 15 is 0 Å². The average molecular weight is 416 g/mol. The maximum Gasteiger partial charge on any atom is 0.142 e. The van der Waals surface area contributed by atoms with Gasteiger partial charge in [0.1, 0.15) is 34.8 Å². The Hall–Kier alpha value is -2.73. The molecule has 0 radical (unpaired) electrons. The summed E-state index contributed by atoms with van der Waals surface area (Å²) in [7, 11) is 0. The summed E-state index contributed by atoms with van der Waals surface area (Å²) in [6.45, 7) is 2.19. The Labute approximate surface area is 172 Å². The monoisotopic (exact) mass is 415 g/mol. The predicted octanol–water partition coefficient (Wildman–Crippen LogP) is 6.00. The third-order valence-corrected chi connectivity index (χ3v) is 5.17. The number of fused-ring (bicyclic) bond motifs is 1. The van der Waals surface area contributed by atoms with Gasteiger partial charge in [-0.25, -0.2) is 18.7 Å². The molecule has 0 saturated heterocycles. The number of nitrogens with zero attached hydrogens (tertiary/aromatic N) is 2. The van der Waals surface area contributed by atoms with Crippen molar-refractivity contribution >= 4 is 17.4 Å². The number of halogens is 3. The molecular formula is C22H20ClF2N3O. The van der Waals surface area contributed by atoms with Gasteiger partial charge in [0.05, 0.1) is 5.02 Å². The van der Waals surface area contributed by atoms with Crippen LogP contribution in [0.2, 0.25) is 5.02 Å². The minimum absolute atomic E-state index is 0.0348. The maximum absolute atomic E-state index is 13.9. The summed E-state index contributed by atoms with van der Waals surface area (Å²) in [4.78, 5) is 9.10.